The van der Waals surface area contributed by atoms with Crippen molar-refractivity contribution in [1.82, 2.24) is 14.9 Å². The van der Waals surface area contributed by atoms with Gasteiger partial charge in [-0.2, -0.15) is 0 Å². The maximum Gasteiger partial charge on any atom is 0.410 e. The number of hydrogen-bond donors (Lipinski definition) is 1. The van der Waals surface area contributed by atoms with Gasteiger partial charge < -0.3 is 14.6 Å². The van der Waals surface area contributed by atoms with Gasteiger partial charge in [0.25, 0.3) is 0 Å². The van der Waals surface area contributed by atoms with Crippen LogP contribution in [0.4, 0.5) is 4.79 Å². The normalized spacial score (nSPS) is 14.5. The van der Waals surface area contributed by atoms with Gasteiger partial charge in [-0.1, -0.05) is 24.3 Å². The lowest BCUT2D eigenvalue weighted by molar-refractivity contribution is 0.0270. The van der Waals surface area contributed by atoms with Gasteiger partial charge in [-0.3, -0.25) is 4.98 Å². The summed E-state index contributed by atoms with van der Waals surface area (Å²) in [6.45, 7) is 11.0. The predicted molar refractivity (Wildman–Crippen MR) is 139 cm³/mol. The summed E-state index contributed by atoms with van der Waals surface area (Å²) in [7, 11) is 0. The standard InChI is InChI=1S/C29H31N3O2/c1-18-14-23(15-19(2)30-18)22-6-8-24-25-16-21(7-9-26(25)31-27(24)17-22)20-10-12-32(13-11-20)28(33)34-29(3,4)5/h6-10,14-17,31H,11-13H2,1-5H3. The minimum absolute atomic E-state index is 0.245. The first kappa shape index (κ1) is 22.2. The van der Waals surface area contributed by atoms with Gasteiger partial charge in [0.2, 0.25) is 0 Å². The number of benzene rings is 2. The van der Waals surface area contributed by atoms with Gasteiger partial charge in [0, 0.05) is 46.3 Å². The smallest absolute Gasteiger partial charge is 0.410 e. The second-order valence-electron chi connectivity index (χ2n) is 10.2. The fourth-order valence-electron chi connectivity index (χ4n) is 4.71. The number of carbonyl (C=O) groups is 1. The third kappa shape index (κ3) is 4.43. The number of nitrogens with zero attached hydrogens (tertiary/aromatic N) is 2. The zero-order valence-corrected chi connectivity index (χ0v) is 20.5. The Kier molecular flexibility index (Phi) is 5.43. The van der Waals surface area contributed by atoms with E-state index in [0.29, 0.717) is 13.1 Å². The molecule has 0 bridgehead atoms. The van der Waals surface area contributed by atoms with Crippen LogP contribution in [0.2, 0.25) is 0 Å². The molecule has 1 aliphatic rings. The number of H-pyrrole nitrogens is 1. The molecule has 2 aromatic carbocycles. The number of nitrogens with one attached hydrogen (secondary N) is 1. The lowest BCUT2D eigenvalue weighted by Gasteiger charge is -2.29. The van der Waals surface area contributed by atoms with E-state index < -0.39 is 5.60 Å². The van der Waals surface area contributed by atoms with Crippen molar-refractivity contribution in [1.29, 1.82) is 0 Å². The third-order valence-electron chi connectivity index (χ3n) is 6.25. The van der Waals surface area contributed by atoms with Crippen LogP contribution in [0.1, 0.15) is 44.1 Å². The fourth-order valence-corrected chi connectivity index (χ4v) is 4.71. The van der Waals surface area contributed by atoms with Crippen LogP contribution in [0.3, 0.4) is 0 Å². The molecular weight excluding hydrogens is 422 g/mol. The van der Waals surface area contributed by atoms with E-state index in [2.05, 4.69) is 64.6 Å². The number of fused-ring (bicyclic) bond motifs is 3. The van der Waals surface area contributed by atoms with Crippen molar-refractivity contribution in [3.8, 4) is 11.1 Å². The van der Waals surface area contributed by atoms with Crippen molar-refractivity contribution >= 4 is 33.5 Å². The Morgan fingerprint density at radius 2 is 1.65 bits per heavy atom. The summed E-state index contributed by atoms with van der Waals surface area (Å²) >= 11 is 0. The highest BCUT2D eigenvalue weighted by molar-refractivity contribution is 6.09. The molecule has 0 atom stereocenters. The Hall–Kier alpha value is -3.60. The summed E-state index contributed by atoms with van der Waals surface area (Å²) in [6, 6.07) is 17.5. The van der Waals surface area contributed by atoms with E-state index in [9.17, 15) is 4.79 Å². The molecule has 0 radical (unpaired) electrons. The van der Waals surface area contributed by atoms with E-state index in [-0.39, 0.29) is 6.09 Å². The minimum atomic E-state index is -0.476. The Bertz CT molecular complexity index is 1420. The highest BCUT2D eigenvalue weighted by Crippen LogP contribution is 2.33. The number of hydrogen-bond acceptors (Lipinski definition) is 3. The first-order chi connectivity index (χ1) is 16.2. The SMILES string of the molecule is Cc1cc(-c2ccc3c(c2)[nH]c2ccc(C4=CCN(C(=O)OC(C)(C)C)CC4)cc23)cc(C)n1. The number of aromatic nitrogens is 2. The summed E-state index contributed by atoms with van der Waals surface area (Å²) in [5.74, 6) is 0. The molecule has 5 nitrogen and oxygen atoms in total. The molecule has 0 saturated heterocycles. The van der Waals surface area contributed by atoms with Gasteiger partial charge in [0.15, 0.2) is 0 Å². The van der Waals surface area contributed by atoms with Crippen LogP contribution in [0.15, 0.2) is 54.6 Å². The molecule has 1 N–H and O–H groups in total. The summed E-state index contributed by atoms with van der Waals surface area (Å²) in [5, 5.41) is 2.44. The molecule has 5 heteroatoms. The Morgan fingerprint density at radius 1 is 0.912 bits per heavy atom. The van der Waals surface area contributed by atoms with Crippen molar-refractivity contribution in [3.05, 3.63) is 71.6 Å². The first-order valence-electron chi connectivity index (χ1n) is 11.8. The molecule has 0 unspecified atom stereocenters. The van der Waals surface area contributed by atoms with E-state index in [4.69, 9.17) is 4.74 Å². The largest absolute Gasteiger partial charge is 0.444 e. The van der Waals surface area contributed by atoms with Crippen LogP contribution in [-0.2, 0) is 4.74 Å². The molecule has 0 fully saturated rings. The minimum Gasteiger partial charge on any atom is -0.444 e. The summed E-state index contributed by atoms with van der Waals surface area (Å²) in [6.07, 6.45) is 2.72. The van der Waals surface area contributed by atoms with Crippen LogP contribution in [0.5, 0.6) is 0 Å². The van der Waals surface area contributed by atoms with Crippen molar-refractivity contribution in [3.63, 3.8) is 0 Å². The second-order valence-corrected chi connectivity index (χ2v) is 10.2. The number of aryl methyl sites for hydroxylation is 2. The Morgan fingerprint density at radius 3 is 2.32 bits per heavy atom. The van der Waals surface area contributed by atoms with E-state index in [0.717, 1.165) is 28.8 Å². The van der Waals surface area contributed by atoms with Gasteiger partial charge in [0.1, 0.15) is 5.60 Å². The fraction of sp³-hybridized carbons (Fsp3) is 0.310. The Labute approximate surface area is 200 Å². The molecular formula is C29H31N3O2. The van der Waals surface area contributed by atoms with Crippen LogP contribution >= 0.6 is 0 Å². The highest BCUT2D eigenvalue weighted by atomic mass is 16.6. The van der Waals surface area contributed by atoms with Crippen molar-refractivity contribution < 1.29 is 9.53 Å². The van der Waals surface area contributed by atoms with E-state index in [1.807, 2.05) is 34.6 Å². The monoisotopic (exact) mass is 453 g/mol. The van der Waals surface area contributed by atoms with Crippen LogP contribution < -0.4 is 0 Å². The molecule has 5 rings (SSSR count). The average Bonchev–Trinajstić information content (AvgIpc) is 3.14. The number of aromatic amines is 1. The molecule has 3 heterocycles. The van der Waals surface area contributed by atoms with Crippen LogP contribution in [0.25, 0.3) is 38.5 Å². The first-order valence-corrected chi connectivity index (χ1v) is 11.8. The lowest BCUT2D eigenvalue weighted by Crippen LogP contribution is -2.39. The van der Waals surface area contributed by atoms with Gasteiger partial charge in [0.05, 0.1) is 0 Å². The zero-order chi connectivity index (χ0) is 24.0. The molecule has 1 aliphatic heterocycles. The molecule has 174 valence electrons. The number of amides is 1. The molecule has 0 saturated carbocycles. The molecule has 1 amide bonds. The highest BCUT2D eigenvalue weighted by Gasteiger charge is 2.24. The van der Waals surface area contributed by atoms with E-state index in [1.54, 1.807) is 4.90 Å². The van der Waals surface area contributed by atoms with Gasteiger partial charge in [-0.15, -0.1) is 0 Å². The number of pyridine rings is 1. The number of ether oxygens (including phenoxy) is 1. The van der Waals surface area contributed by atoms with Crippen molar-refractivity contribution in [2.75, 3.05) is 13.1 Å². The quantitative estimate of drug-likeness (QED) is 0.355. The van der Waals surface area contributed by atoms with Gasteiger partial charge in [-0.25, -0.2) is 4.79 Å². The summed E-state index contributed by atoms with van der Waals surface area (Å²) in [4.78, 5) is 22.2. The predicted octanol–water partition coefficient (Wildman–Crippen LogP) is 7.02. The molecule has 0 aliphatic carbocycles. The number of rotatable bonds is 2. The maximum atomic E-state index is 12.4. The van der Waals surface area contributed by atoms with Crippen LogP contribution in [-0.4, -0.2) is 39.7 Å². The third-order valence-corrected chi connectivity index (χ3v) is 6.25. The average molecular weight is 454 g/mol. The van der Waals surface area contributed by atoms with Crippen molar-refractivity contribution in [2.45, 2.75) is 46.6 Å². The zero-order valence-electron chi connectivity index (χ0n) is 20.5. The molecule has 4 aromatic rings. The van der Waals surface area contributed by atoms with Crippen molar-refractivity contribution in [2.24, 2.45) is 0 Å². The molecule has 2 aromatic heterocycles. The van der Waals surface area contributed by atoms with Gasteiger partial charge >= 0.3 is 6.09 Å². The lowest BCUT2D eigenvalue weighted by atomic mass is 9.97. The van der Waals surface area contributed by atoms with Gasteiger partial charge in [-0.05, 0) is 93.6 Å². The molecule has 34 heavy (non-hydrogen) atoms. The maximum absolute atomic E-state index is 12.4. The van der Waals surface area contributed by atoms with Crippen LogP contribution in [0, 0.1) is 13.8 Å². The topological polar surface area (TPSA) is 58.2 Å². The Balaban J connectivity index is 1.43. The summed E-state index contributed by atoms with van der Waals surface area (Å²) < 4.78 is 5.52. The second kappa shape index (κ2) is 8.32. The van der Waals surface area contributed by atoms with E-state index in [1.165, 1.54) is 33.0 Å². The summed E-state index contributed by atoms with van der Waals surface area (Å²) in [5.41, 5.74) is 8.70. The molecule has 0 spiro atoms. The number of carbonyl (C=O) groups excluding carboxylic acids is 1. The van der Waals surface area contributed by atoms with E-state index >= 15 is 0 Å².